The highest BCUT2D eigenvalue weighted by Crippen LogP contribution is 2.26. The van der Waals surface area contributed by atoms with Crippen LogP contribution in [0.1, 0.15) is 44.1 Å². The minimum Gasteiger partial charge on any atom is -0.497 e. The number of nitrogens with zero attached hydrogens (tertiary/aromatic N) is 2. The second kappa shape index (κ2) is 9.80. The van der Waals surface area contributed by atoms with Gasteiger partial charge in [0, 0.05) is 38.5 Å². The molecule has 0 unspecified atom stereocenters. The number of hydrogen-bond donors (Lipinski definition) is 0. The molecule has 0 aliphatic carbocycles. The Morgan fingerprint density at radius 1 is 0.964 bits per heavy atom. The first-order valence-electron chi connectivity index (χ1n) is 10.4. The monoisotopic (exact) mass is 388 g/mol. The molecule has 2 heterocycles. The number of carbonyl (C=O) groups is 2. The summed E-state index contributed by atoms with van der Waals surface area (Å²) < 4.78 is 10.7. The molecule has 154 valence electrons. The Kier molecular flexibility index (Phi) is 7.18. The van der Waals surface area contributed by atoms with Crippen molar-refractivity contribution in [2.75, 3.05) is 40.4 Å². The van der Waals surface area contributed by atoms with Gasteiger partial charge in [-0.15, -0.1) is 0 Å². The Balaban J connectivity index is 1.48. The average Bonchev–Trinajstić information content (AvgIpc) is 2.77. The number of piperidine rings is 2. The van der Waals surface area contributed by atoms with Gasteiger partial charge in [0.2, 0.25) is 11.8 Å². The third-order valence-electron chi connectivity index (χ3n) is 5.96. The number of amides is 2. The molecule has 0 atom stereocenters. The zero-order chi connectivity index (χ0) is 19.9. The quantitative estimate of drug-likeness (QED) is 0.752. The van der Waals surface area contributed by atoms with Gasteiger partial charge in [-0.25, -0.2) is 0 Å². The highest BCUT2D eigenvalue weighted by molar-refractivity contribution is 5.80. The summed E-state index contributed by atoms with van der Waals surface area (Å²) in [7, 11) is 3.27. The molecule has 2 aliphatic heterocycles. The lowest BCUT2D eigenvalue weighted by molar-refractivity contribution is -0.141. The summed E-state index contributed by atoms with van der Waals surface area (Å²) in [6, 6.07) is 5.65. The SMILES string of the molecule is COc1ccc(OC)c(CCC(=O)N2CCC(C(=O)N3CCCCC3)CC2)c1. The van der Waals surface area contributed by atoms with E-state index in [9.17, 15) is 9.59 Å². The standard InChI is InChI=1S/C22H32N2O4/c1-27-19-7-8-20(28-2)18(16-19)6-9-21(25)23-14-10-17(11-15-23)22(26)24-12-4-3-5-13-24/h7-8,16-17H,3-6,9-15H2,1-2H3. The van der Waals surface area contributed by atoms with Crippen molar-refractivity contribution in [3.05, 3.63) is 23.8 Å². The molecule has 6 heteroatoms. The first-order valence-corrected chi connectivity index (χ1v) is 10.4. The van der Waals surface area contributed by atoms with Crippen molar-refractivity contribution >= 4 is 11.8 Å². The molecule has 0 saturated carbocycles. The van der Waals surface area contributed by atoms with Crippen molar-refractivity contribution in [3.63, 3.8) is 0 Å². The third kappa shape index (κ3) is 4.97. The highest BCUT2D eigenvalue weighted by Gasteiger charge is 2.30. The summed E-state index contributed by atoms with van der Waals surface area (Å²) in [5.41, 5.74) is 0.977. The topological polar surface area (TPSA) is 59.1 Å². The molecule has 2 fully saturated rings. The van der Waals surface area contributed by atoms with Crippen molar-refractivity contribution in [1.82, 2.24) is 9.80 Å². The molecule has 2 saturated heterocycles. The van der Waals surface area contributed by atoms with Crippen molar-refractivity contribution in [2.24, 2.45) is 5.92 Å². The first-order chi connectivity index (χ1) is 13.6. The van der Waals surface area contributed by atoms with E-state index in [2.05, 4.69) is 0 Å². The van der Waals surface area contributed by atoms with E-state index < -0.39 is 0 Å². The molecule has 1 aromatic rings. The lowest BCUT2D eigenvalue weighted by atomic mass is 9.94. The van der Waals surface area contributed by atoms with Gasteiger partial charge in [0.15, 0.2) is 0 Å². The second-order valence-corrected chi connectivity index (χ2v) is 7.72. The van der Waals surface area contributed by atoms with Gasteiger partial charge in [0.05, 0.1) is 14.2 Å². The molecule has 0 N–H and O–H groups in total. The number of aryl methyl sites for hydroxylation is 1. The van der Waals surface area contributed by atoms with Gasteiger partial charge in [0.1, 0.15) is 11.5 Å². The molecule has 3 rings (SSSR count). The minimum atomic E-state index is 0.0839. The molecule has 28 heavy (non-hydrogen) atoms. The van der Waals surface area contributed by atoms with E-state index in [1.54, 1.807) is 14.2 Å². The summed E-state index contributed by atoms with van der Waals surface area (Å²) in [5.74, 6) is 2.07. The van der Waals surface area contributed by atoms with E-state index in [-0.39, 0.29) is 11.8 Å². The summed E-state index contributed by atoms with van der Waals surface area (Å²) >= 11 is 0. The Labute approximate surface area is 167 Å². The smallest absolute Gasteiger partial charge is 0.225 e. The van der Waals surface area contributed by atoms with E-state index in [0.29, 0.717) is 31.8 Å². The fourth-order valence-corrected chi connectivity index (χ4v) is 4.23. The zero-order valence-electron chi connectivity index (χ0n) is 17.1. The number of hydrogen-bond acceptors (Lipinski definition) is 4. The van der Waals surface area contributed by atoms with Crippen molar-refractivity contribution in [3.8, 4) is 11.5 Å². The van der Waals surface area contributed by atoms with Crippen LogP contribution in [0.3, 0.4) is 0 Å². The number of carbonyl (C=O) groups excluding carboxylic acids is 2. The van der Waals surface area contributed by atoms with E-state index in [1.807, 2.05) is 28.0 Å². The molecule has 0 bridgehead atoms. The van der Waals surface area contributed by atoms with Gasteiger partial charge >= 0.3 is 0 Å². The second-order valence-electron chi connectivity index (χ2n) is 7.72. The minimum absolute atomic E-state index is 0.0839. The van der Waals surface area contributed by atoms with Crippen LogP contribution in [0.15, 0.2) is 18.2 Å². The third-order valence-corrected chi connectivity index (χ3v) is 5.96. The lowest BCUT2D eigenvalue weighted by Gasteiger charge is -2.35. The molecule has 0 spiro atoms. The molecular weight excluding hydrogens is 356 g/mol. The maximum atomic E-state index is 12.7. The molecule has 1 aromatic carbocycles. The van der Waals surface area contributed by atoms with Gasteiger partial charge in [-0.2, -0.15) is 0 Å². The molecule has 2 amide bonds. The van der Waals surface area contributed by atoms with Crippen LogP contribution in [0.2, 0.25) is 0 Å². The summed E-state index contributed by atoms with van der Waals surface area (Å²) in [5, 5.41) is 0. The van der Waals surface area contributed by atoms with Crippen LogP contribution < -0.4 is 9.47 Å². The lowest BCUT2D eigenvalue weighted by Crippen LogP contribution is -2.45. The van der Waals surface area contributed by atoms with Gasteiger partial charge in [-0.05, 0) is 62.3 Å². The van der Waals surface area contributed by atoms with Crippen LogP contribution >= 0.6 is 0 Å². The van der Waals surface area contributed by atoms with Crippen LogP contribution in [0.25, 0.3) is 0 Å². The normalized spacial score (nSPS) is 18.1. The van der Waals surface area contributed by atoms with E-state index in [0.717, 1.165) is 55.8 Å². The number of ether oxygens (including phenoxy) is 2. The largest absolute Gasteiger partial charge is 0.497 e. The Hall–Kier alpha value is -2.24. The number of methoxy groups -OCH3 is 2. The van der Waals surface area contributed by atoms with Crippen LogP contribution in [0.4, 0.5) is 0 Å². The predicted octanol–water partition coefficient (Wildman–Crippen LogP) is 2.89. The van der Waals surface area contributed by atoms with E-state index >= 15 is 0 Å². The van der Waals surface area contributed by atoms with Gasteiger partial charge in [-0.1, -0.05) is 0 Å². The van der Waals surface area contributed by atoms with Crippen molar-refractivity contribution < 1.29 is 19.1 Å². The molecular formula is C22H32N2O4. The number of benzene rings is 1. The maximum Gasteiger partial charge on any atom is 0.225 e. The molecule has 2 aliphatic rings. The van der Waals surface area contributed by atoms with Crippen molar-refractivity contribution in [2.45, 2.75) is 44.9 Å². The van der Waals surface area contributed by atoms with Crippen molar-refractivity contribution in [1.29, 1.82) is 0 Å². The van der Waals surface area contributed by atoms with E-state index in [4.69, 9.17) is 9.47 Å². The van der Waals surface area contributed by atoms with Crippen LogP contribution in [-0.2, 0) is 16.0 Å². The Morgan fingerprint density at radius 2 is 1.68 bits per heavy atom. The zero-order valence-corrected chi connectivity index (χ0v) is 17.1. The summed E-state index contributed by atoms with van der Waals surface area (Å²) in [6.07, 6.45) is 6.09. The number of rotatable bonds is 6. The van der Waals surface area contributed by atoms with Crippen LogP contribution in [0.5, 0.6) is 11.5 Å². The Bertz CT molecular complexity index is 677. The van der Waals surface area contributed by atoms with Gasteiger partial charge in [-0.3, -0.25) is 9.59 Å². The fourth-order valence-electron chi connectivity index (χ4n) is 4.23. The summed E-state index contributed by atoms with van der Waals surface area (Å²) in [6.45, 7) is 3.16. The highest BCUT2D eigenvalue weighted by atomic mass is 16.5. The van der Waals surface area contributed by atoms with Gasteiger partial charge < -0.3 is 19.3 Å². The molecule has 0 aromatic heterocycles. The van der Waals surface area contributed by atoms with Crippen LogP contribution in [-0.4, -0.2) is 62.0 Å². The fraction of sp³-hybridized carbons (Fsp3) is 0.636. The summed E-state index contributed by atoms with van der Waals surface area (Å²) in [4.78, 5) is 29.3. The van der Waals surface area contributed by atoms with E-state index in [1.165, 1.54) is 6.42 Å². The van der Waals surface area contributed by atoms with Gasteiger partial charge in [0.25, 0.3) is 0 Å². The molecule has 0 radical (unpaired) electrons. The predicted molar refractivity (Wildman–Crippen MR) is 108 cm³/mol. The average molecular weight is 389 g/mol. The first kappa shape index (κ1) is 20.5. The van der Waals surface area contributed by atoms with Crippen LogP contribution in [0, 0.1) is 5.92 Å². The number of likely N-dealkylation sites (tertiary alicyclic amines) is 2. The Morgan fingerprint density at radius 3 is 2.32 bits per heavy atom. The maximum absolute atomic E-state index is 12.7. The molecule has 6 nitrogen and oxygen atoms in total.